The zero-order chi connectivity index (χ0) is 34.1. The highest BCUT2D eigenvalue weighted by molar-refractivity contribution is 5.22. The second-order valence-corrected chi connectivity index (χ2v) is 16.1. The SMILES string of the molecule is C.CC(C)c1coc([C@H](C(C)C)C(C)(C)C)c1.CC[C@H](c1cc(C(C)C)co1)C(C)C.Cc1cc(C(C(C)C)C(C)C)oc1C. The van der Waals surface area contributed by atoms with Crippen molar-refractivity contribution in [3.05, 3.63) is 70.5 Å². The van der Waals surface area contributed by atoms with E-state index < -0.39 is 0 Å². The Hall–Kier alpha value is -2.16. The van der Waals surface area contributed by atoms with E-state index in [-0.39, 0.29) is 12.8 Å². The molecule has 45 heavy (non-hydrogen) atoms. The summed E-state index contributed by atoms with van der Waals surface area (Å²) in [7, 11) is 0. The molecule has 3 aromatic rings. The number of rotatable bonds is 10. The zero-order valence-electron chi connectivity index (χ0n) is 32.0. The quantitative estimate of drug-likeness (QED) is 0.225. The lowest BCUT2D eigenvalue weighted by molar-refractivity contribution is 0.224. The molecule has 3 aromatic heterocycles. The fourth-order valence-corrected chi connectivity index (χ4v) is 6.65. The fourth-order valence-electron chi connectivity index (χ4n) is 6.65. The molecule has 0 aliphatic carbocycles. The first kappa shape index (κ1) is 42.8. The Morgan fingerprint density at radius 2 is 1.04 bits per heavy atom. The molecule has 3 heterocycles. The molecule has 3 rings (SSSR count). The molecule has 0 aliphatic rings. The zero-order valence-corrected chi connectivity index (χ0v) is 32.0. The van der Waals surface area contributed by atoms with E-state index in [1.807, 2.05) is 19.5 Å². The molecule has 0 aromatic carbocycles. The Kier molecular flexibility index (Phi) is 17.9. The van der Waals surface area contributed by atoms with Gasteiger partial charge in [0.2, 0.25) is 0 Å². The van der Waals surface area contributed by atoms with E-state index in [2.05, 4.69) is 136 Å². The number of hydrogen-bond donors (Lipinski definition) is 0. The summed E-state index contributed by atoms with van der Waals surface area (Å²) in [6, 6.07) is 6.65. The Labute approximate surface area is 280 Å². The van der Waals surface area contributed by atoms with Crippen LogP contribution in [0.3, 0.4) is 0 Å². The molecule has 3 nitrogen and oxygen atoms in total. The summed E-state index contributed by atoms with van der Waals surface area (Å²) in [5.41, 5.74) is 4.15. The van der Waals surface area contributed by atoms with Crippen LogP contribution in [0.2, 0.25) is 0 Å². The lowest BCUT2D eigenvalue weighted by atomic mass is 9.73. The highest BCUT2D eigenvalue weighted by atomic mass is 16.3. The third kappa shape index (κ3) is 12.9. The van der Waals surface area contributed by atoms with Gasteiger partial charge in [0.05, 0.1) is 12.5 Å². The lowest BCUT2D eigenvalue weighted by Crippen LogP contribution is -2.22. The molecule has 0 unspecified atom stereocenters. The van der Waals surface area contributed by atoms with Crippen LogP contribution in [0, 0.1) is 42.9 Å². The van der Waals surface area contributed by atoms with Crippen LogP contribution in [-0.2, 0) is 0 Å². The number of hydrogen-bond acceptors (Lipinski definition) is 3. The Morgan fingerprint density at radius 3 is 1.33 bits per heavy atom. The van der Waals surface area contributed by atoms with Crippen molar-refractivity contribution in [2.75, 3.05) is 0 Å². The molecular weight excluding hydrogens is 552 g/mol. The molecule has 0 aliphatic heterocycles. The Balaban J connectivity index is 0.000000640. The lowest BCUT2D eigenvalue weighted by Gasteiger charge is -2.32. The molecule has 0 amide bonds. The molecule has 3 heteroatoms. The van der Waals surface area contributed by atoms with Crippen molar-refractivity contribution in [2.24, 2.45) is 29.1 Å². The van der Waals surface area contributed by atoms with Gasteiger partial charge >= 0.3 is 0 Å². The predicted molar refractivity (Wildman–Crippen MR) is 198 cm³/mol. The average Bonchev–Trinajstić information content (AvgIpc) is 3.60. The molecule has 260 valence electrons. The van der Waals surface area contributed by atoms with Crippen LogP contribution in [0.4, 0.5) is 0 Å². The van der Waals surface area contributed by atoms with E-state index >= 15 is 0 Å². The molecule has 2 atom stereocenters. The number of aryl methyl sites for hydroxylation is 2. The van der Waals surface area contributed by atoms with Crippen LogP contribution < -0.4 is 0 Å². The van der Waals surface area contributed by atoms with Crippen molar-refractivity contribution in [1.29, 1.82) is 0 Å². The van der Waals surface area contributed by atoms with Crippen LogP contribution in [0.1, 0.15) is 194 Å². The van der Waals surface area contributed by atoms with Gasteiger partial charge in [0.15, 0.2) is 0 Å². The van der Waals surface area contributed by atoms with Gasteiger partial charge in [-0.3, -0.25) is 0 Å². The first-order valence-corrected chi connectivity index (χ1v) is 17.5. The van der Waals surface area contributed by atoms with Crippen LogP contribution in [0.5, 0.6) is 0 Å². The molecule has 0 fully saturated rings. The molecule has 0 saturated heterocycles. The minimum absolute atomic E-state index is 0. The minimum Gasteiger partial charge on any atom is -0.469 e. The summed E-state index contributed by atoms with van der Waals surface area (Å²) in [6.07, 6.45) is 4.98. The van der Waals surface area contributed by atoms with Gasteiger partial charge in [-0.2, -0.15) is 0 Å². The fraction of sp³-hybridized carbons (Fsp3) is 0.714. The van der Waals surface area contributed by atoms with Crippen molar-refractivity contribution in [1.82, 2.24) is 0 Å². The van der Waals surface area contributed by atoms with E-state index in [0.717, 1.165) is 29.5 Å². The van der Waals surface area contributed by atoms with Gasteiger partial charge in [-0.25, -0.2) is 0 Å². The summed E-state index contributed by atoms with van der Waals surface area (Å²) in [6.45, 7) is 40.1. The molecule has 0 saturated carbocycles. The van der Waals surface area contributed by atoms with Gasteiger partial charge < -0.3 is 13.3 Å². The predicted octanol–water partition coefficient (Wildman–Crippen LogP) is 14.7. The maximum atomic E-state index is 5.80. The average molecular weight is 627 g/mol. The molecule has 0 spiro atoms. The third-order valence-electron chi connectivity index (χ3n) is 9.08. The molecular formula is C42H74O3. The van der Waals surface area contributed by atoms with E-state index in [0.29, 0.717) is 53.3 Å². The molecule has 0 N–H and O–H groups in total. The van der Waals surface area contributed by atoms with Gasteiger partial charge in [0, 0.05) is 17.8 Å². The monoisotopic (exact) mass is 627 g/mol. The largest absolute Gasteiger partial charge is 0.469 e. The topological polar surface area (TPSA) is 39.4 Å². The van der Waals surface area contributed by atoms with Crippen molar-refractivity contribution >= 4 is 0 Å². The van der Waals surface area contributed by atoms with Crippen LogP contribution in [0.25, 0.3) is 0 Å². The van der Waals surface area contributed by atoms with Crippen LogP contribution >= 0.6 is 0 Å². The molecule has 0 radical (unpaired) electrons. The highest BCUT2D eigenvalue weighted by Gasteiger charge is 2.31. The smallest absolute Gasteiger partial charge is 0.108 e. The van der Waals surface area contributed by atoms with Gasteiger partial charge in [-0.05, 0) is 96.1 Å². The van der Waals surface area contributed by atoms with E-state index in [9.17, 15) is 0 Å². The third-order valence-corrected chi connectivity index (χ3v) is 9.08. The van der Waals surface area contributed by atoms with Crippen molar-refractivity contribution < 1.29 is 13.3 Å². The van der Waals surface area contributed by atoms with E-state index in [4.69, 9.17) is 13.3 Å². The summed E-state index contributed by atoms with van der Waals surface area (Å²) in [4.78, 5) is 0. The van der Waals surface area contributed by atoms with Crippen molar-refractivity contribution in [3.63, 3.8) is 0 Å². The van der Waals surface area contributed by atoms with Crippen LogP contribution in [-0.4, -0.2) is 0 Å². The summed E-state index contributed by atoms with van der Waals surface area (Å²) >= 11 is 0. The number of furan rings is 3. The maximum Gasteiger partial charge on any atom is 0.108 e. The second kappa shape index (κ2) is 18.9. The highest BCUT2D eigenvalue weighted by Crippen LogP contribution is 2.42. The normalized spacial score (nSPS) is 13.4. The van der Waals surface area contributed by atoms with Gasteiger partial charge in [0.25, 0.3) is 0 Å². The van der Waals surface area contributed by atoms with Gasteiger partial charge in [-0.1, -0.05) is 118 Å². The first-order chi connectivity index (χ1) is 20.2. The minimum atomic E-state index is 0. The maximum absolute atomic E-state index is 5.80. The van der Waals surface area contributed by atoms with E-state index in [1.54, 1.807) is 0 Å². The molecule has 0 bridgehead atoms. The summed E-state index contributed by atoms with van der Waals surface area (Å²) in [5.74, 6) is 9.78. The van der Waals surface area contributed by atoms with Crippen LogP contribution in [0.15, 0.2) is 44.0 Å². The van der Waals surface area contributed by atoms with Gasteiger partial charge in [-0.15, -0.1) is 0 Å². The summed E-state index contributed by atoms with van der Waals surface area (Å²) < 4.78 is 17.2. The standard InChI is InChI=1S/C15H26O.2C13H22O.CH4/c1-10(2)12-8-13(16-9-12)14(11(3)4)15(5,6)7;1-8(2)13(9(3)4)12-7-10(5)11(6)14-12;1-6-12(10(4)5)13-7-11(8-14-13)9(2)3;/h8-11,14H,1-7H3;7-9,13H,1-6H3;7-10,12H,6H2,1-5H3;1H4/t14-;;12-;/m0.0./s1. The summed E-state index contributed by atoms with van der Waals surface area (Å²) in [5, 5.41) is 0. The Bertz CT molecular complexity index is 1160. The second-order valence-electron chi connectivity index (χ2n) is 16.1. The first-order valence-electron chi connectivity index (χ1n) is 17.5. The van der Waals surface area contributed by atoms with Crippen molar-refractivity contribution in [2.45, 2.75) is 168 Å². The van der Waals surface area contributed by atoms with E-state index in [1.165, 1.54) is 16.7 Å². The Morgan fingerprint density at radius 1 is 0.600 bits per heavy atom. The van der Waals surface area contributed by atoms with Gasteiger partial charge in [0.1, 0.15) is 23.0 Å². The van der Waals surface area contributed by atoms with Crippen molar-refractivity contribution in [3.8, 4) is 0 Å².